The molecule has 0 spiro atoms. The topological polar surface area (TPSA) is 86.8 Å². The molecule has 138 valence electrons. The zero-order chi connectivity index (χ0) is 19.1. The second-order valence-corrected chi connectivity index (χ2v) is 5.87. The molecule has 27 heavy (non-hydrogen) atoms. The zero-order valence-corrected chi connectivity index (χ0v) is 15.5. The Labute approximate surface area is 161 Å². The van der Waals surface area contributed by atoms with Crippen LogP contribution in [-0.2, 0) is 16.7 Å². The molecule has 3 aromatic rings. The van der Waals surface area contributed by atoms with Gasteiger partial charge in [0.2, 0.25) is 5.82 Å². The number of hydrogen-bond acceptors (Lipinski definition) is 7. The van der Waals surface area contributed by atoms with Crippen molar-refractivity contribution < 1.29 is 9.68 Å². The zero-order valence-electron chi connectivity index (χ0n) is 14.8. The van der Waals surface area contributed by atoms with Crippen molar-refractivity contribution in [3.05, 3.63) is 76.6 Å². The van der Waals surface area contributed by atoms with Crippen LogP contribution in [0.4, 0.5) is 0 Å². The van der Waals surface area contributed by atoms with Gasteiger partial charge in [-0.2, -0.15) is 0 Å². The SMILES string of the molecule is CO/N=C(/CO/N=C(/c1ccccc1)c1nnnn1C)c1ccc(Cl)cc1. The van der Waals surface area contributed by atoms with E-state index in [0.29, 0.717) is 22.3 Å². The van der Waals surface area contributed by atoms with Gasteiger partial charge >= 0.3 is 0 Å². The fourth-order valence-corrected chi connectivity index (χ4v) is 2.45. The molecule has 0 bridgehead atoms. The monoisotopic (exact) mass is 384 g/mol. The summed E-state index contributed by atoms with van der Waals surface area (Å²) in [6.07, 6.45) is 0. The van der Waals surface area contributed by atoms with Crippen LogP contribution in [0.2, 0.25) is 5.02 Å². The highest BCUT2D eigenvalue weighted by atomic mass is 35.5. The van der Waals surface area contributed by atoms with Gasteiger partial charge in [0.15, 0.2) is 12.3 Å². The lowest BCUT2D eigenvalue weighted by atomic mass is 10.1. The van der Waals surface area contributed by atoms with Crippen LogP contribution in [0.15, 0.2) is 64.9 Å². The normalized spacial score (nSPS) is 12.1. The first-order valence-corrected chi connectivity index (χ1v) is 8.41. The lowest BCUT2D eigenvalue weighted by molar-refractivity contribution is 0.173. The highest BCUT2D eigenvalue weighted by Gasteiger charge is 2.15. The Hall–Kier alpha value is -3.26. The van der Waals surface area contributed by atoms with Crippen LogP contribution in [0.1, 0.15) is 17.0 Å². The lowest BCUT2D eigenvalue weighted by Gasteiger charge is -2.08. The molecule has 3 rings (SSSR count). The summed E-state index contributed by atoms with van der Waals surface area (Å²) in [5.74, 6) is 0.484. The van der Waals surface area contributed by atoms with E-state index >= 15 is 0 Å². The number of rotatable bonds is 7. The van der Waals surface area contributed by atoms with Crippen LogP contribution in [0.25, 0.3) is 0 Å². The predicted molar refractivity (Wildman–Crippen MR) is 102 cm³/mol. The van der Waals surface area contributed by atoms with Gasteiger partial charge in [-0.05, 0) is 22.6 Å². The molecule has 0 aliphatic rings. The van der Waals surface area contributed by atoms with Crippen molar-refractivity contribution in [2.75, 3.05) is 13.7 Å². The smallest absolute Gasteiger partial charge is 0.204 e. The van der Waals surface area contributed by atoms with E-state index in [-0.39, 0.29) is 6.61 Å². The van der Waals surface area contributed by atoms with Crippen molar-refractivity contribution in [1.29, 1.82) is 0 Å². The number of aromatic nitrogens is 4. The molecule has 0 unspecified atom stereocenters. The predicted octanol–water partition coefficient (Wildman–Crippen LogP) is 2.68. The quantitative estimate of drug-likeness (QED) is 0.461. The minimum absolute atomic E-state index is 0.0943. The Morgan fingerprint density at radius 2 is 1.78 bits per heavy atom. The summed E-state index contributed by atoms with van der Waals surface area (Å²) in [5.41, 5.74) is 2.72. The van der Waals surface area contributed by atoms with E-state index in [1.807, 2.05) is 42.5 Å². The Bertz CT molecular complexity index is 938. The number of tetrazole rings is 1. The molecule has 0 N–H and O–H groups in total. The van der Waals surface area contributed by atoms with Crippen molar-refractivity contribution in [1.82, 2.24) is 20.2 Å². The minimum Gasteiger partial charge on any atom is -0.399 e. The fraction of sp³-hybridized carbons (Fsp3) is 0.167. The van der Waals surface area contributed by atoms with E-state index in [1.54, 1.807) is 19.2 Å². The molecule has 0 atom stereocenters. The van der Waals surface area contributed by atoms with Crippen molar-refractivity contribution in [2.45, 2.75) is 0 Å². The number of hydrogen-bond donors (Lipinski definition) is 0. The van der Waals surface area contributed by atoms with Gasteiger partial charge in [-0.15, -0.1) is 5.10 Å². The van der Waals surface area contributed by atoms with Crippen LogP contribution in [-0.4, -0.2) is 45.3 Å². The number of nitrogens with zero attached hydrogens (tertiary/aromatic N) is 6. The summed E-state index contributed by atoms with van der Waals surface area (Å²) >= 11 is 5.93. The summed E-state index contributed by atoms with van der Waals surface area (Å²) in [5, 5.41) is 20.4. The van der Waals surface area contributed by atoms with Crippen molar-refractivity contribution in [2.24, 2.45) is 17.4 Å². The van der Waals surface area contributed by atoms with Gasteiger partial charge in [-0.25, -0.2) is 4.68 Å². The van der Waals surface area contributed by atoms with Gasteiger partial charge < -0.3 is 9.68 Å². The van der Waals surface area contributed by atoms with Crippen molar-refractivity contribution in [3.8, 4) is 0 Å². The van der Waals surface area contributed by atoms with Gasteiger partial charge in [0, 0.05) is 23.2 Å². The molecule has 0 aliphatic carbocycles. The summed E-state index contributed by atoms with van der Waals surface area (Å²) in [7, 11) is 3.21. The minimum atomic E-state index is 0.0943. The fourth-order valence-electron chi connectivity index (χ4n) is 2.32. The van der Waals surface area contributed by atoms with Gasteiger partial charge in [0.25, 0.3) is 0 Å². The van der Waals surface area contributed by atoms with Crippen LogP contribution >= 0.6 is 11.6 Å². The molecule has 0 saturated carbocycles. The van der Waals surface area contributed by atoms with Crippen molar-refractivity contribution >= 4 is 23.0 Å². The van der Waals surface area contributed by atoms with E-state index < -0.39 is 0 Å². The third-order valence-corrected chi connectivity index (χ3v) is 3.87. The van der Waals surface area contributed by atoms with Crippen molar-refractivity contribution in [3.63, 3.8) is 0 Å². The number of benzene rings is 2. The summed E-state index contributed by atoms with van der Waals surface area (Å²) in [4.78, 5) is 10.5. The first-order chi connectivity index (χ1) is 13.2. The van der Waals surface area contributed by atoms with Gasteiger partial charge in [0.05, 0.1) is 0 Å². The van der Waals surface area contributed by atoms with Crippen LogP contribution in [0.3, 0.4) is 0 Å². The highest BCUT2D eigenvalue weighted by Crippen LogP contribution is 2.12. The molecule has 9 heteroatoms. The molecule has 1 heterocycles. The summed E-state index contributed by atoms with van der Waals surface area (Å²) in [6, 6.07) is 16.7. The molecule has 1 aromatic heterocycles. The van der Waals surface area contributed by atoms with E-state index in [9.17, 15) is 0 Å². The molecule has 8 nitrogen and oxygen atoms in total. The average Bonchev–Trinajstić information content (AvgIpc) is 3.11. The Morgan fingerprint density at radius 3 is 2.41 bits per heavy atom. The lowest BCUT2D eigenvalue weighted by Crippen LogP contribution is -2.14. The highest BCUT2D eigenvalue weighted by molar-refractivity contribution is 6.30. The molecular formula is C18H17ClN6O2. The van der Waals surface area contributed by atoms with Crippen LogP contribution in [0, 0.1) is 0 Å². The molecule has 0 aliphatic heterocycles. The molecule has 2 aromatic carbocycles. The Balaban J connectivity index is 1.85. The molecular weight excluding hydrogens is 368 g/mol. The Kier molecular flexibility index (Phi) is 6.11. The number of oxime groups is 2. The molecule has 0 amide bonds. The maximum Gasteiger partial charge on any atom is 0.204 e. The van der Waals surface area contributed by atoms with E-state index in [0.717, 1.165) is 11.1 Å². The second kappa shape index (κ2) is 8.91. The molecule has 0 fully saturated rings. The summed E-state index contributed by atoms with van der Waals surface area (Å²) < 4.78 is 1.53. The summed E-state index contributed by atoms with van der Waals surface area (Å²) in [6.45, 7) is 0.0943. The van der Waals surface area contributed by atoms with Gasteiger partial charge in [-0.1, -0.05) is 64.4 Å². The third kappa shape index (κ3) is 4.68. The number of aryl methyl sites for hydroxylation is 1. The van der Waals surface area contributed by atoms with Gasteiger partial charge in [-0.3, -0.25) is 0 Å². The first-order valence-electron chi connectivity index (χ1n) is 8.03. The maximum atomic E-state index is 5.93. The van der Waals surface area contributed by atoms with E-state index in [1.165, 1.54) is 11.8 Å². The molecule has 0 radical (unpaired) electrons. The third-order valence-electron chi connectivity index (χ3n) is 3.62. The second-order valence-electron chi connectivity index (χ2n) is 5.43. The molecule has 0 saturated heterocycles. The first kappa shape index (κ1) is 18.5. The number of halogens is 1. The van der Waals surface area contributed by atoms with Gasteiger partial charge in [0.1, 0.15) is 12.8 Å². The average molecular weight is 385 g/mol. The Morgan fingerprint density at radius 1 is 1.04 bits per heavy atom. The van der Waals surface area contributed by atoms with E-state index in [2.05, 4.69) is 25.8 Å². The standard InChI is InChI=1S/C18H17ClN6O2/c1-25-18(20-23-24-25)17(14-6-4-3-5-7-14)22-27-12-16(21-26-2)13-8-10-15(19)11-9-13/h3-11H,12H2,1-2H3/b21-16-,22-17-. The largest absolute Gasteiger partial charge is 0.399 e. The maximum absolute atomic E-state index is 5.93. The van der Waals surface area contributed by atoms with Crippen LogP contribution < -0.4 is 0 Å². The van der Waals surface area contributed by atoms with Crippen LogP contribution in [0.5, 0.6) is 0 Å². The van der Waals surface area contributed by atoms with E-state index in [4.69, 9.17) is 21.3 Å².